The SMILES string of the molecule is CCOC(=O)COc1ccc(/C=C2\C(=O)NC(=O)N(C)C2=O)cc1Br. The Kier molecular flexibility index (Phi) is 5.92. The fraction of sp³-hybridized carbons (Fsp3) is 0.250. The van der Waals surface area contributed by atoms with Crippen molar-refractivity contribution in [1.82, 2.24) is 10.2 Å². The first kappa shape index (κ1) is 18.7. The zero-order chi connectivity index (χ0) is 18.6. The van der Waals surface area contributed by atoms with Crippen molar-refractivity contribution in [3.8, 4) is 5.75 Å². The van der Waals surface area contributed by atoms with Crippen LogP contribution in [0.1, 0.15) is 12.5 Å². The van der Waals surface area contributed by atoms with Gasteiger partial charge in [-0.3, -0.25) is 19.8 Å². The van der Waals surface area contributed by atoms with E-state index in [1.807, 2.05) is 0 Å². The summed E-state index contributed by atoms with van der Waals surface area (Å²) < 4.78 is 10.6. The summed E-state index contributed by atoms with van der Waals surface area (Å²) in [6.07, 6.45) is 1.36. The zero-order valence-corrected chi connectivity index (χ0v) is 15.1. The second-order valence-corrected chi connectivity index (χ2v) is 5.82. The topological polar surface area (TPSA) is 102 Å². The summed E-state index contributed by atoms with van der Waals surface area (Å²) >= 11 is 3.30. The third-order valence-electron chi connectivity index (χ3n) is 3.22. The lowest BCUT2D eigenvalue weighted by Gasteiger charge is -2.22. The molecule has 2 rings (SSSR count). The second kappa shape index (κ2) is 7.93. The van der Waals surface area contributed by atoms with Crippen LogP contribution in [0.25, 0.3) is 6.08 Å². The first-order valence-corrected chi connectivity index (χ1v) is 8.05. The quantitative estimate of drug-likeness (QED) is 0.448. The number of carbonyl (C=O) groups is 4. The average Bonchev–Trinajstić information content (AvgIpc) is 2.56. The lowest BCUT2D eigenvalue weighted by Crippen LogP contribution is -2.52. The fourth-order valence-electron chi connectivity index (χ4n) is 1.98. The predicted octanol–water partition coefficient (Wildman–Crippen LogP) is 1.48. The van der Waals surface area contributed by atoms with Crippen molar-refractivity contribution in [1.29, 1.82) is 0 Å². The van der Waals surface area contributed by atoms with Gasteiger partial charge in [-0.15, -0.1) is 0 Å². The van der Waals surface area contributed by atoms with Gasteiger partial charge < -0.3 is 9.47 Å². The first-order chi connectivity index (χ1) is 11.8. The maximum atomic E-state index is 12.0. The van der Waals surface area contributed by atoms with Gasteiger partial charge in [-0.1, -0.05) is 6.07 Å². The number of urea groups is 1. The lowest BCUT2D eigenvalue weighted by atomic mass is 10.1. The van der Waals surface area contributed by atoms with Gasteiger partial charge in [0.15, 0.2) is 6.61 Å². The van der Waals surface area contributed by atoms with E-state index in [1.165, 1.54) is 13.1 Å². The average molecular weight is 411 g/mol. The molecule has 0 unspecified atom stereocenters. The zero-order valence-electron chi connectivity index (χ0n) is 13.5. The molecule has 0 spiro atoms. The molecule has 1 heterocycles. The number of nitrogens with zero attached hydrogens (tertiary/aromatic N) is 1. The molecule has 0 saturated carbocycles. The van der Waals surface area contributed by atoms with Crippen molar-refractivity contribution in [3.63, 3.8) is 0 Å². The molecule has 1 aromatic carbocycles. The number of hydrogen-bond donors (Lipinski definition) is 1. The molecular weight excluding hydrogens is 396 g/mol. The standard InChI is InChI=1S/C16H15BrN2O6/c1-3-24-13(20)8-25-12-5-4-9(7-11(12)17)6-10-14(21)18-16(23)19(2)15(10)22/h4-7H,3,8H2,1-2H3,(H,18,21,23)/b10-6+. The summed E-state index contributed by atoms with van der Waals surface area (Å²) in [5.74, 6) is -1.53. The molecule has 0 bridgehead atoms. The normalized spacial score (nSPS) is 16.0. The summed E-state index contributed by atoms with van der Waals surface area (Å²) in [6.45, 7) is 1.73. The van der Waals surface area contributed by atoms with Crippen LogP contribution in [0, 0.1) is 0 Å². The summed E-state index contributed by atoms with van der Waals surface area (Å²) in [5, 5.41) is 2.07. The molecule has 0 aromatic heterocycles. The molecule has 9 heteroatoms. The minimum Gasteiger partial charge on any atom is -0.481 e. The van der Waals surface area contributed by atoms with E-state index in [0.29, 0.717) is 15.8 Å². The van der Waals surface area contributed by atoms with E-state index in [4.69, 9.17) is 9.47 Å². The van der Waals surface area contributed by atoms with Crippen molar-refractivity contribution in [2.24, 2.45) is 0 Å². The van der Waals surface area contributed by atoms with Crippen LogP contribution in [0.4, 0.5) is 4.79 Å². The summed E-state index contributed by atoms with van der Waals surface area (Å²) in [7, 11) is 1.28. The molecule has 1 fully saturated rings. The van der Waals surface area contributed by atoms with Gasteiger partial charge in [0.25, 0.3) is 11.8 Å². The van der Waals surface area contributed by atoms with Crippen molar-refractivity contribution in [2.45, 2.75) is 6.92 Å². The van der Waals surface area contributed by atoms with Crippen LogP contribution in [0.5, 0.6) is 5.75 Å². The molecule has 8 nitrogen and oxygen atoms in total. The number of barbiturate groups is 1. The van der Waals surface area contributed by atoms with E-state index < -0.39 is 23.8 Å². The van der Waals surface area contributed by atoms with E-state index in [2.05, 4.69) is 21.2 Å². The van der Waals surface area contributed by atoms with Gasteiger partial charge >= 0.3 is 12.0 Å². The molecule has 1 aromatic rings. The Labute approximate surface area is 151 Å². The molecular formula is C16H15BrN2O6. The number of carbonyl (C=O) groups excluding carboxylic acids is 4. The van der Waals surface area contributed by atoms with E-state index in [0.717, 1.165) is 4.90 Å². The number of amides is 4. The molecule has 1 aliphatic heterocycles. The number of hydrogen-bond acceptors (Lipinski definition) is 6. The fourth-order valence-corrected chi connectivity index (χ4v) is 2.49. The molecule has 0 aliphatic carbocycles. The van der Waals surface area contributed by atoms with Crippen LogP contribution >= 0.6 is 15.9 Å². The number of ether oxygens (including phenoxy) is 2. The number of likely N-dealkylation sites (N-methyl/N-ethyl adjacent to an activating group) is 1. The largest absolute Gasteiger partial charge is 0.481 e. The van der Waals surface area contributed by atoms with Crippen molar-refractivity contribution in [2.75, 3.05) is 20.3 Å². The Hall–Kier alpha value is -2.68. The van der Waals surface area contributed by atoms with Crippen molar-refractivity contribution < 1.29 is 28.7 Å². The van der Waals surface area contributed by atoms with Crippen molar-refractivity contribution in [3.05, 3.63) is 33.8 Å². The molecule has 1 N–H and O–H groups in total. The van der Waals surface area contributed by atoms with Crippen LogP contribution in [-0.2, 0) is 19.1 Å². The van der Waals surface area contributed by atoms with E-state index in [1.54, 1.807) is 25.1 Å². The molecule has 0 atom stereocenters. The molecule has 0 radical (unpaired) electrons. The maximum Gasteiger partial charge on any atom is 0.344 e. The molecule has 1 saturated heterocycles. The summed E-state index contributed by atoms with van der Waals surface area (Å²) in [5.41, 5.74) is 0.380. The Balaban J connectivity index is 2.17. The second-order valence-electron chi connectivity index (χ2n) is 4.97. The highest BCUT2D eigenvalue weighted by Crippen LogP contribution is 2.27. The van der Waals surface area contributed by atoms with Crippen LogP contribution in [0.15, 0.2) is 28.2 Å². The van der Waals surface area contributed by atoms with Gasteiger partial charge in [-0.25, -0.2) is 9.59 Å². The number of imide groups is 2. The molecule has 132 valence electrons. The van der Waals surface area contributed by atoms with E-state index >= 15 is 0 Å². The molecule has 1 aliphatic rings. The highest BCUT2D eigenvalue weighted by molar-refractivity contribution is 9.10. The van der Waals surface area contributed by atoms with Gasteiger partial charge in [-0.05, 0) is 46.6 Å². The molecule has 25 heavy (non-hydrogen) atoms. The number of rotatable bonds is 5. The Morgan fingerprint density at radius 3 is 2.68 bits per heavy atom. The number of halogens is 1. The van der Waals surface area contributed by atoms with Crippen molar-refractivity contribution >= 4 is 45.8 Å². The van der Waals surface area contributed by atoms with Crippen LogP contribution in [-0.4, -0.2) is 49.0 Å². The monoisotopic (exact) mass is 410 g/mol. The van der Waals surface area contributed by atoms with E-state index in [9.17, 15) is 19.2 Å². The van der Waals surface area contributed by atoms with Gasteiger partial charge in [0.1, 0.15) is 11.3 Å². The van der Waals surface area contributed by atoms with Gasteiger partial charge in [0.05, 0.1) is 11.1 Å². The number of nitrogens with one attached hydrogen (secondary N) is 1. The third kappa shape index (κ3) is 4.44. The Morgan fingerprint density at radius 1 is 1.32 bits per heavy atom. The Morgan fingerprint density at radius 2 is 2.04 bits per heavy atom. The number of esters is 1. The number of benzene rings is 1. The highest BCUT2D eigenvalue weighted by Gasteiger charge is 2.32. The highest BCUT2D eigenvalue weighted by atomic mass is 79.9. The minimum absolute atomic E-state index is 0.158. The van der Waals surface area contributed by atoms with Crippen LogP contribution in [0.3, 0.4) is 0 Å². The van der Waals surface area contributed by atoms with Gasteiger partial charge in [0.2, 0.25) is 0 Å². The van der Waals surface area contributed by atoms with Gasteiger partial charge in [0, 0.05) is 7.05 Å². The van der Waals surface area contributed by atoms with E-state index in [-0.39, 0.29) is 18.8 Å². The van der Waals surface area contributed by atoms with Crippen LogP contribution in [0.2, 0.25) is 0 Å². The third-order valence-corrected chi connectivity index (χ3v) is 3.84. The smallest absolute Gasteiger partial charge is 0.344 e. The summed E-state index contributed by atoms with van der Waals surface area (Å²) in [6, 6.07) is 4.03. The van der Waals surface area contributed by atoms with Gasteiger partial charge in [-0.2, -0.15) is 0 Å². The predicted molar refractivity (Wildman–Crippen MR) is 90.6 cm³/mol. The first-order valence-electron chi connectivity index (χ1n) is 7.26. The maximum absolute atomic E-state index is 12.0. The van der Waals surface area contributed by atoms with Crippen LogP contribution < -0.4 is 10.1 Å². The lowest BCUT2D eigenvalue weighted by molar-refractivity contribution is -0.145. The molecule has 4 amide bonds. The summed E-state index contributed by atoms with van der Waals surface area (Å²) in [4.78, 5) is 47.3. The Bertz CT molecular complexity index is 774. The minimum atomic E-state index is -0.768.